The Bertz CT molecular complexity index is 384. The summed E-state index contributed by atoms with van der Waals surface area (Å²) in [5.41, 5.74) is 2.92. The number of hydrogen-bond acceptors (Lipinski definition) is 3. The zero-order chi connectivity index (χ0) is 12.7. The van der Waals surface area contributed by atoms with Crippen molar-refractivity contribution in [2.45, 2.75) is 17.6 Å². The SMILES string of the molecule is CCN=C(NN)Nc1ccccc1SC(F)F. The third kappa shape index (κ3) is 4.58. The predicted octanol–water partition coefficient (Wildman–Crippen LogP) is 2.25. The number of para-hydroxylation sites is 1. The van der Waals surface area contributed by atoms with Gasteiger partial charge in [-0.3, -0.25) is 10.4 Å². The van der Waals surface area contributed by atoms with E-state index in [1.54, 1.807) is 24.3 Å². The van der Waals surface area contributed by atoms with Gasteiger partial charge in [0.2, 0.25) is 5.96 Å². The summed E-state index contributed by atoms with van der Waals surface area (Å²) in [6, 6.07) is 6.74. The van der Waals surface area contributed by atoms with Gasteiger partial charge in [-0.05, 0) is 19.1 Å². The van der Waals surface area contributed by atoms with Gasteiger partial charge in [-0.2, -0.15) is 8.78 Å². The first kappa shape index (κ1) is 13.7. The first-order valence-electron chi connectivity index (χ1n) is 4.99. The Kier molecular flexibility index (Phi) is 5.71. The molecule has 0 bridgehead atoms. The topological polar surface area (TPSA) is 62.4 Å². The van der Waals surface area contributed by atoms with E-state index in [1.807, 2.05) is 6.92 Å². The van der Waals surface area contributed by atoms with E-state index >= 15 is 0 Å². The van der Waals surface area contributed by atoms with Gasteiger partial charge >= 0.3 is 0 Å². The van der Waals surface area contributed by atoms with E-state index in [9.17, 15) is 8.78 Å². The molecule has 4 nitrogen and oxygen atoms in total. The van der Waals surface area contributed by atoms with Crippen LogP contribution in [-0.2, 0) is 0 Å². The standard InChI is InChI=1S/C10H14F2N4S/c1-2-14-10(16-13)15-7-5-3-4-6-8(7)17-9(11)12/h3-6,9H,2,13H2,1H3,(H2,14,15,16). The number of alkyl halides is 2. The van der Waals surface area contributed by atoms with Gasteiger partial charge in [-0.25, -0.2) is 5.84 Å². The molecular formula is C10H14F2N4S. The second-order valence-corrected chi connectivity index (χ2v) is 4.00. The monoisotopic (exact) mass is 260 g/mol. The van der Waals surface area contributed by atoms with Gasteiger partial charge < -0.3 is 5.32 Å². The van der Waals surface area contributed by atoms with Crippen LogP contribution >= 0.6 is 11.8 Å². The average molecular weight is 260 g/mol. The quantitative estimate of drug-likeness (QED) is 0.255. The fourth-order valence-corrected chi connectivity index (χ4v) is 1.77. The number of nitrogens with two attached hydrogens (primary N) is 1. The summed E-state index contributed by atoms with van der Waals surface area (Å²) < 4.78 is 24.7. The smallest absolute Gasteiger partial charge is 0.288 e. The Morgan fingerprint density at radius 3 is 2.76 bits per heavy atom. The van der Waals surface area contributed by atoms with Crippen molar-refractivity contribution in [2.75, 3.05) is 11.9 Å². The maximum Gasteiger partial charge on any atom is 0.288 e. The Hall–Kier alpha value is -1.34. The Morgan fingerprint density at radius 2 is 2.18 bits per heavy atom. The van der Waals surface area contributed by atoms with Crippen LogP contribution in [0.4, 0.5) is 14.5 Å². The molecule has 0 heterocycles. The molecule has 0 aromatic heterocycles. The number of hydrogen-bond donors (Lipinski definition) is 3. The van der Waals surface area contributed by atoms with Crippen LogP contribution in [0.1, 0.15) is 6.92 Å². The lowest BCUT2D eigenvalue weighted by molar-refractivity contribution is 0.252. The number of benzene rings is 1. The molecule has 0 aliphatic rings. The van der Waals surface area contributed by atoms with Gasteiger partial charge in [-0.15, -0.1) is 0 Å². The van der Waals surface area contributed by atoms with Gasteiger partial charge in [0.1, 0.15) is 0 Å². The zero-order valence-electron chi connectivity index (χ0n) is 9.28. The lowest BCUT2D eigenvalue weighted by atomic mass is 10.3. The van der Waals surface area contributed by atoms with E-state index in [0.29, 0.717) is 34.8 Å². The third-order valence-electron chi connectivity index (χ3n) is 1.81. The molecule has 4 N–H and O–H groups in total. The van der Waals surface area contributed by atoms with Gasteiger partial charge in [0, 0.05) is 11.4 Å². The number of anilines is 1. The molecule has 0 unspecified atom stereocenters. The van der Waals surface area contributed by atoms with E-state index in [2.05, 4.69) is 15.7 Å². The van der Waals surface area contributed by atoms with Crippen LogP contribution < -0.4 is 16.6 Å². The molecule has 0 fully saturated rings. The van der Waals surface area contributed by atoms with E-state index in [1.165, 1.54) is 0 Å². The number of nitrogens with zero attached hydrogens (tertiary/aromatic N) is 1. The zero-order valence-corrected chi connectivity index (χ0v) is 10.1. The lowest BCUT2D eigenvalue weighted by Crippen LogP contribution is -2.36. The van der Waals surface area contributed by atoms with Crippen LogP contribution in [0.2, 0.25) is 0 Å². The Labute approximate surface area is 103 Å². The Morgan fingerprint density at radius 1 is 1.47 bits per heavy atom. The highest BCUT2D eigenvalue weighted by atomic mass is 32.2. The largest absolute Gasteiger partial charge is 0.324 e. The minimum Gasteiger partial charge on any atom is -0.324 e. The van der Waals surface area contributed by atoms with E-state index in [0.717, 1.165) is 0 Å². The number of nitrogens with one attached hydrogen (secondary N) is 2. The molecule has 0 saturated heterocycles. The molecule has 0 radical (unpaired) electrons. The fraction of sp³-hybridized carbons (Fsp3) is 0.300. The van der Waals surface area contributed by atoms with Crippen LogP contribution in [0, 0.1) is 0 Å². The number of aliphatic imine (C=N–C) groups is 1. The number of thioether (sulfide) groups is 1. The summed E-state index contributed by atoms with van der Waals surface area (Å²) >= 11 is 0.476. The highest BCUT2D eigenvalue weighted by molar-refractivity contribution is 7.99. The molecule has 1 rings (SSSR count). The molecule has 94 valence electrons. The van der Waals surface area contributed by atoms with Gasteiger partial charge in [0.05, 0.1) is 5.69 Å². The van der Waals surface area contributed by atoms with Crippen LogP contribution in [0.3, 0.4) is 0 Å². The van der Waals surface area contributed by atoms with Gasteiger partial charge in [0.15, 0.2) is 0 Å². The van der Waals surface area contributed by atoms with Crippen molar-refractivity contribution < 1.29 is 8.78 Å². The first-order chi connectivity index (χ1) is 8.17. The number of rotatable bonds is 4. The maximum atomic E-state index is 12.3. The number of guanidine groups is 1. The van der Waals surface area contributed by atoms with Crippen molar-refractivity contribution in [3.05, 3.63) is 24.3 Å². The molecule has 0 amide bonds. The van der Waals surface area contributed by atoms with E-state index < -0.39 is 5.76 Å². The molecule has 0 aliphatic carbocycles. The second kappa shape index (κ2) is 7.08. The van der Waals surface area contributed by atoms with Gasteiger partial charge in [0.25, 0.3) is 5.76 Å². The molecule has 0 aliphatic heterocycles. The van der Waals surface area contributed by atoms with Crippen LogP contribution in [0.25, 0.3) is 0 Å². The van der Waals surface area contributed by atoms with Crippen molar-refractivity contribution in [1.82, 2.24) is 5.43 Å². The minimum absolute atomic E-state index is 0.342. The molecule has 0 saturated carbocycles. The van der Waals surface area contributed by atoms with E-state index in [-0.39, 0.29) is 0 Å². The molecule has 0 spiro atoms. The molecular weight excluding hydrogens is 246 g/mol. The van der Waals surface area contributed by atoms with Gasteiger partial charge in [-0.1, -0.05) is 23.9 Å². The van der Waals surface area contributed by atoms with Crippen molar-refractivity contribution in [1.29, 1.82) is 0 Å². The minimum atomic E-state index is -2.46. The summed E-state index contributed by atoms with van der Waals surface area (Å²) in [7, 11) is 0. The summed E-state index contributed by atoms with van der Waals surface area (Å²) in [5, 5.41) is 2.86. The molecule has 17 heavy (non-hydrogen) atoms. The molecule has 1 aromatic carbocycles. The third-order valence-corrected chi connectivity index (χ3v) is 2.60. The number of halogens is 2. The first-order valence-corrected chi connectivity index (χ1v) is 5.87. The van der Waals surface area contributed by atoms with E-state index in [4.69, 9.17) is 5.84 Å². The van der Waals surface area contributed by atoms with Crippen molar-refractivity contribution in [2.24, 2.45) is 10.8 Å². The summed E-state index contributed by atoms with van der Waals surface area (Å²) in [6.07, 6.45) is 0. The van der Waals surface area contributed by atoms with Crippen LogP contribution in [-0.4, -0.2) is 18.3 Å². The van der Waals surface area contributed by atoms with Crippen LogP contribution in [0.5, 0.6) is 0 Å². The summed E-state index contributed by atoms with van der Waals surface area (Å²) in [4.78, 5) is 4.48. The molecule has 7 heteroatoms. The fourth-order valence-electron chi connectivity index (χ4n) is 1.18. The predicted molar refractivity (Wildman–Crippen MR) is 67.2 cm³/mol. The Balaban J connectivity index is 2.85. The molecule has 0 atom stereocenters. The highest BCUT2D eigenvalue weighted by Crippen LogP contribution is 2.31. The second-order valence-electron chi connectivity index (χ2n) is 2.97. The normalized spacial score (nSPS) is 11.7. The number of hydrazine groups is 1. The van der Waals surface area contributed by atoms with Crippen molar-refractivity contribution in [3.8, 4) is 0 Å². The molecule has 1 aromatic rings. The maximum absolute atomic E-state index is 12.3. The summed E-state index contributed by atoms with van der Waals surface area (Å²) in [6.45, 7) is 2.38. The van der Waals surface area contributed by atoms with Crippen molar-refractivity contribution >= 4 is 23.4 Å². The lowest BCUT2D eigenvalue weighted by Gasteiger charge is -2.12. The van der Waals surface area contributed by atoms with Crippen molar-refractivity contribution in [3.63, 3.8) is 0 Å². The average Bonchev–Trinajstić information content (AvgIpc) is 2.30. The van der Waals surface area contributed by atoms with Crippen LogP contribution in [0.15, 0.2) is 34.2 Å². The highest BCUT2D eigenvalue weighted by Gasteiger charge is 2.10. The summed E-state index contributed by atoms with van der Waals surface area (Å²) in [5.74, 6) is 3.14.